The van der Waals surface area contributed by atoms with Crippen LogP contribution < -0.4 is 4.72 Å². The van der Waals surface area contributed by atoms with Gasteiger partial charge in [-0.25, -0.2) is 13.1 Å². The predicted octanol–water partition coefficient (Wildman–Crippen LogP) is 1.89. The topological polar surface area (TPSA) is 110 Å². The minimum atomic E-state index is -3.81. The van der Waals surface area contributed by atoms with Crippen LogP contribution in [0.5, 0.6) is 0 Å². The summed E-state index contributed by atoms with van der Waals surface area (Å²) in [6.45, 7) is 9.43. The third kappa shape index (κ3) is 5.76. The second-order valence-corrected chi connectivity index (χ2v) is 8.58. The van der Waals surface area contributed by atoms with E-state index in [0.29, 0.717) is 5.76 Å². The van der Waals surface area contributed by atoms with Gasteiger partial charge in [-0.05, 0) is 12.3 Å². The standard InChI is InChI=1S/C14H24N2O5S/c1-9(2)6-11(13(17)18)16-22(19,20)8-10-7-12(21-15-10)14(3,4)5/h7,9,11,16H,6,8H2,1-5H3,(H,17,18). The molecule has 0 bridgehead atoms. The van der Waals surface area contributed by atoms with Gasteiger partial charge in [0, 0.05) is 11.5 Å². The number of nitrogens with zero attached hydrogens (tertiary/aromatic N) is 1. The van der Waals surface area contributed by atoms with Crippen molar-refractivity contribution in [3.63, 3.8) is 0 Å². The Morgan fingerprint density at radius 2 is 2.00 bits per heavy atom. The van der Waals surface area contributed by atoms with Crippen molar-refractivity contribution >= 4 is 16.0 Å². The summed E-state index contributed by atoms with van der Waals surface area (Å²) in [6.07, 6.45) is 0.223. The van der Waals surface area contributed by atoms with Crippen LogP contribution >= 0.6 is 0 Å². The summed E-state index contributed by atoms with van der Waals surface area (Å²) in [7, 11) is -3.81. The lowest BCUT2D eigenvalue weighted by Gasteiger charge is -2.16. The van der Waals surface area contributed by atoms with E-state index >= 15 is 0 Å². The third-order valence-electron chi connectivity index (χ3n) is 2.96. The van der Waals surface area contributed by atoms with Crippen LogP contribution in [0, 0.1) is 5.92 Å². The average molecular weight is 332 g/mol. The van der Waals surface area contributed by atoms with E-state index in [1.165, 1.54) is 0 Å². The number of aromatic nitrogens is 1. The average Bonchev–Trinajstić information content (AvgIpc) is 2.74. The SMILES string of the molecule is CC(C)CC(NS(=O)(=O)Cc1cc(C(C)(C)C)on1)C(=O)O. The van der Waals surface area contributed by atoms with E-state index in [0.717, 1.165) is 0 Å². The molecule has 0 saturated heterocycles. The number of hydrogen-bond acceptors (Lipinski definition) is 5. The lowest BCUT2D eigenvalue weighted by molar-refractivity contribution is -0.139. The lowest BCUT2D eigenvalue weighted by Crippen LogP contribution is -2.42. The number of carboxylic acids is 1. The number of hydrogen-bond donors (Lipinski definition) is 2. The van der Waals surface area contributed by atoms with Crippen molar-refractivity contribution < 1.29 is 22.8 Å². The zero-order valence-corrected chi connectivity index (χ0v) is 14.4. The van der Waals surface area contributed by atoms with Crippen LogP contribution in [0.1, 0.15) is 52.5 Å². The molecule has 0 fully saturated rings. The number of sulfonamides is 1. The van der Waals surface area contributed by atoms with Gasteiger partial charge in [-0.3, -0.25) is 4.79 Å². The Kier molecular flexibility index (Phi) is 5.75. The molecule has 22 heavy (non-hydrogen) atoms. The minimum Gasteiger partial charge on any atom is -0.480 e. The second kappa shape index (κ2) is 6.78. The first-order chi connectivity index (χ1) is 9.90. The molecule has 1 heterocycles. The van der Waals surface area contributed by atoms with Crippen LogP contribution in [0.15, 0.2) is 10.6 Å². The molecule has 126 valence electrons. The highest BCUT2D eigenvalue weighted by atomic mass is 32.2. The molecule has 8 heteroatoms. The Labute approximate surface area is 131 Å². The fraction of sp³-hybridized carbons (Fsp3) is 0.714. The van der Waals surface area contributed by atoms with Gasteiger partial charge in [0.05, 0.1) is 0 Å². The molecule has 1 unspecified atom stereocenters. The molecule has 7 nitrogen and oxygen atoms in total. The molecular formula is C14H24N2O5S. The molecule has 0 aliphatic carbocycles. The molecule has 1 aromatic rings. The number of aliphatic carboxylic acids is 1. The van der Waals surface area contributed by atoms with Crippen LogP contribution in [0.3, 0.4) is 0 Å². The van der Waals surface area contributed by atoms with Crippen LogP contribution in [0.25, 0.3) is 0 Å². The van der Waals surface area contributed by atoms with E-state index in [-0.39, 0.29) is 23.4 Å². The largest absolute Gasteiger partial charge is 0.480 e. The van der Waals surface area contributed by atoms with E-state index in [4.69, 9.17) is 9.63 Å². The van der Waals surface area contributed by atoms with Gasteiger partial charge in [-0.2, -0.15) is 0 Å². The third-order valence-corrected chi connectivity index (χ3v) is 4.28. The van der Waals surface area contributed by atoms with Crippen molar-refractivity contribution in [3.8, 4) is 0 Å². The Hall–Kier alpha value is -1.41. The summed E-state index contributed by atoms with van der Waals surface area (Å²) in [5, 5.41) is 12.8. The summed E-state index contributed by atoms with van der Waals surface area (Å²) in [6, 6.07) is 0.441. The molecule has 0 saturated carbocycles. The molecule has 1 rings (SSSR count). The molecule has 0 aliphatic rings. The highest BCUT2D eigenvalue weighted by molar-refractivity contribution is 7.88. The highest BCUT2D eigenvalue weighted by Crippen LogP contribution is 2.23. The molecule has 0 spiro atoms. The maximum Gasteiger partial charge on any atom is 0.321 e. The highest BCUT2D eigenvalue weighted by Gasteiger charge is 2.27. The second-order valence-electron chi connectivity index (χ2n) is 6.83. The molecule has 0 radical (unpaired) electrons. The quantitative estimate of drug-likeness (QED) is 0.789. The summed E-state index contributed by atoms with van der Waals surface area (Å²) in [5.74, 6) is -0.958. The van der Waals surface area contributed by atoms with Crippen molar-refractivity contribution in [1.29, 1.82) is 0 Å². The summed E-state index contributed by atoms with van der Waals surface area (Å²) in [4.78, 5) is 11.1. The number of nitrogens with one attached hydrogen (secondary N) is 1. The molecule has 0 aliphatic heterocycles. The van der Waals surface area contributed by atoms with Gasteiger partial charge in [0.1, 0.15) is 23.2 Å². The number of carboxylic acid groups (broad SMARTS) is 1. The summed E-state index contributed by atoms with van der Waals surface area (Å²) >= 11 is 0. The maximum atomic E-state index is 12.1. The Balaban J connectivity index is 2.82. The Morgan fingerprint density at radius 3 is 2.41 bits per heavy atom. The van der Waals surface area contributed by atoms with Crippen molar-refractivity contribution in [2.75, 3.05) is 0 Å². The molecule has 2 N–H and O–H groups in total. The Morgan fingerprint density at radius 1 is 1.41 bits per heavy atom. The molecule has 1 aromatic heterocycles. The minimum absolute atomic E-state index is 0.0587. The first kappa shape index (κ1) is 18.6. The monoisotopic (exact) mass is 332 g/mol. The van der Waals surface area contributed by atoms with Crippen molar-refractivity contribution in [3.05, 3.63) is 17.5 Å². The van der Waals surface area contributed by atoms with E-state index in [1.807, 2.05) is 34.6 Å². The molecule has 1 atom stereocenters. The van der Waals surface area contributed by atoms with Crippen LogP contribution in [0.4, 0.5) is 0 Å². The van der Waals surface area contributed by atoms with Gasteiger partial charge in [-0.15, -0.1) is 0 Å². The molecule has 0 amide bonds. The zero-order chi connectivity index (χ0) is 17.1. The Bertz CT molecular complexity index is 613. The zero-order valence-electron chi connectivity index (χ0n) is 13.6. The van der Waals surface area contributed by atoms with Gasteiger partial charge in [0.15, 0.2) is 0 Å². The van der Waals surface area contributed by atoms with Crippen LogP contribution in [-0.2, 0) is 26.0 Å². The first-order valence-corrected chi connectivity index (χ1v) is 8.75. The predicted molar refractivity (Wildman–Crippen MR) is 81.8 cm³/mol. The van der Waals surface area contributed by atoms with Crippen LogP contribution in [0.2, 0.25) is 0 Å². The van der Waals surface area contributed by atoms with E-state index in [9.17, 15) is 13.2 Å². The van der Waals surface area contributed by atoms with Gasteiger partial charge in [0.25, 0.3) is 0 Å². The fourth-order valence-corrected chi connectivity index (χ4v) is 3.10. The fourth-order valence-electron chi connectivity index (χ4n) is 1.86. The number of rotatable bonds is 7. The van der Waals surface area contributed by atoms with Gasteiger partial charge in [-0.1, -0.05) is 39.8 Å². The summed E-state index contributed by atoms with van der Waals surface area (Å²) < 4.78 is 31.5. The number of carbonyl (C=O) groups is 1. The van der Waals surface area contributed by atoms with Gasteiger partial charge < -0.3 is 9.63 Å². The van der Waals surface area contributed by atoms with E-state index < -0.39 is 27.8 Å². The van der Waals surface area contributed by atoms with Crippen molar-refractivity contribution in [2.45, 2.75) is 58.2 Å². The van der Waals surface area contributed by atoms with E-state index in [1.54, 1.807) is 6.07 Å². The van der Waals surface area contributed by atoms with Crippen LogP contribution in [-0.4, -0.2) is 30.7 Å². The van der Waals surface area contributed by atoms with Gasteiger partial charge >= 0.3 is 5.97 Å². The van der Waals surface area contributed by atoms with Crippen molar-refractivity contribution in [2.24, 2.45) is 5.92 Å². The molecule has 0 aromatic carbocycles. The maximum absolute atomic E-state index is 12.1. The van der Waals surface area contributed by atoms with Crippen molar-refractivity contribution in [1.82, 2.24) is 9.88 Å². The molecular weight excluding hydrogens is 308 g/mol. The first-order valence-electron chi connectivity index (χ1n) is 7.09. The normalized spacial score (nSPS) is 14.3. The lowest BCUT2D eigenvalue weighted by atomic mass is 9.93. The smallest absolute Gasteiger partial charge is 0.321 e. The van der Waals surface area contributed by atoms with Gasteiger partial charge in [0.2, 0.25) is 10.0 Å². The summed E-state index contributed by atoms with van der Waals surface area (Å²) in [5.41, 5.74) is -0.0185. The van der Waals surface area contributed by atoms with E-state index in [2.05, 4.69) is 9.88 Å².